The molecule has 3 aromatic rings. The summed E-state index contributed by atoms with van der Waals surface area (Å²) in [7, 11) is 0. The maximum Gasteiger partial charge on any atom is 0.283 e. The van der Waals surface area contributed by atoms with Crippen LogP contribution in [0.15, 0.2) is 58.8 Å². The third-order valence-electron chi connectivity index (χ3n) is 4.60. The van der Waals surface area contributed by atoms with E-state index in [-0.39, 0.29) is 12.4 Å². The number of carbonyl (C=O) groups excluding carboxylic acids is 1. The number of amides is 1. The van der Waals surface area contributed by atoms with E-state index in [0.717, 1.165) is 28.6 Å². The second-order valence-electron chi connectivity index (χ2n) is 7.34. The first-order chi connectivity index (χ1) is 13.5. The van der Waals surface area contributed by atoms with Crippen molar-refractivity contribution in [3.8, 4) is 5.88 Å². The summed E-state index contributed by atoms with van der Waals surface area (Å²) in [5.74, 6) is 0.156. The van der Waals surface area contributed by atoms with E-state index in [9.17, 15) is 9.90 Å². The second-order valence-corrected chi connectivity index (χ2v) is 7.34. The smallest absolute Gasteiger partial charge is 0.283 e. The SMILES string of the molecule is Cc1ccc(NCC(=O)N=Nc2c(O)n(CCC(C)C)c3ccccc23)cc1. The zero-order valence-corrected chi connectivity index (χ0v) is 16.5. The zero-order valence-electron chi connectivity index (χ0n) is 16.5. The first kappa shape index (κ1) is 19.6. The lowest BCUT2D eigenvalue weighted by Crippen LogP contribution is -2.10. The fourth-order valence-electron chi connectivity index (χ4n) is 2.97. The van der Waals surface area contributed by atoms with Crippen LogP contribution < -0.4 is 5.32 Å². The third-order valence-corrected chi connectivity index (χ3v) is 4.60. The molecule has 0 bridgehead atoms. The van der Waals surface area contributed by atoms with E-state index < -0.39 is 5.91 Å². The van der Waals surface area contributed by atoms with Crippen molar-refractivity contribution in [1.82, 2.24) is 4.57 Å². The summed E-state index contributed by atoms with van der Waals surface area (Å²) in [6.45, 7) is 7.02. The van der Waals surface area contributed by atoms with Crippen molar-refractivity contribution in [2.24, 2.45) is 16.1 Å². The first-order valence-electron chi connectivity index (χ1n) is 9.51. The van der Waals surface area contributed by atoms with Gasteiger partial charge in [-0.25, -0.2) is 0 Å². The Balaban J connectivity index is 1.76. The van der Waals surface area contributed by atoms with Gasteiger partial charge in [-0.2, -0.15) is 0 Å². The molecule has 0 fully saturated rings. The van der Waals surface area contributed by atoms with E-state index in [4.69, 9.17) is 0 Å². The molecule has 0 radical (unpaired) electrons. The minimum Gasteiger partial charge on any atom is -0.493 e. The highest BCUT2D eigenvalue weighted by molar-refractivity contribution is 5.95. The predicted molar refractivity (Wildman–Crippen MR) is 112 cm³/mol. The van der Waals surface area contributed by atoms with E-state index in [1.165, 1.54) is 0 Å². The van der Waals surface area contributed by atoms with E-state index in [2.05, 4.69) is 29.4 Å². The van der Waals surface area contributed by atoms with E-state index in [1.807, 2.05) is 60.0 Å². The Morgan fingerprint density at radius 3 is 2.57 bits per heavy atom. The molecule has 0 saturated heterocycles. The molecular formula is C22H26N4O2. The van der Waals surface area contributed by atoms with Crippen molar-refractivity contribution >= 4 is 28.2 Å². The fourth-order valence-corrected chi connectivity index (χ4v) is 2.97. The molecule has 1 amide bonds. The molecule has 146 valence electrons. The maximum atomic E-state index is 12.1. The van der Waals surface area contributed by atoms with Crippen LogP contribution in [0.5, 0.6) is 5.88 Å². The summed E-state index contributed by atoms with van der Waals surface area (Å²) in [6.07, 6.45) is 0.933. The number of nitrogens with one attached hydrogen (secondary N) is 1. The Hall–Kier alpha value is -3.15. The molecule has 6 nitrogen and oxygen atoms in total. The highest BCUT2D eigenvalue weighted by Gasteiger charge is 2.16. The van der Waals surface area contributed by atoms with Crippen LogP contribution in [0.4, 0.5) is 11.4 Å². The monoisotopic (exact) mass is 378 g/mol. The number of hydrogen-bond acceptors (Lipinski definition) is 4. The molecule has 0 aliphatic carbocycles. The number of azo groups is 1. The number of benzene rings is 2. The molecular weight excluding hydrogens is 352 g/mol. The summed E-state index contributed by atoms with van der Waals surface area (Å²) in [4.78, 5) is 12.1. The highest BCUT2D eigenvalue weighted by atomic mass is 16.3. The molecule has 0 aliphatic rings. The number of para-hydroxylation sites is 1. The number of hydrogen-bond donors (Lipinski definition) is 2. The number of anilines is 1. The van der Waals surface area contributed by atoms with Gasteiger partial charge in [-0.1, -0.05) is 49.7 Å². The summed E-state index contributed by atoms with van der Waals surface area (Å²) in [6, 6.07) is 15.4. The van der Waals surface area contributed by atoms with Crippen molar-refractivity contribution in [2.75, 3.05) is 11.9 Å². The lowest BCUT2D eigenvalue weighted by Gasteiger charge is -2.08. The van der Waals surface area contributed by atoms with Gasteiger partial charge in [-0.15, -0.1) is 10.2 Å². The average Bonchev–Trinajstić information content (AvgIpc) is 2.95. The average molecular weight is 378 g/mol. The van der Waals surface area contributed by atoms with Gasteiger partial charge in [0.1, 0.15) is 0 Å². The molecule has 0 saturated carbocycles. The molecule has 1 heterocycles. The number of aryl methyl sites for hydroxylation is 2. The van der Waals surface area contributed by atoms with Gasteiger partial charge < -0.3 is 15.0 Å². The minimum atomic E-state index is -0.404. The number of fused-ring (bicyclic) bond motifs is 1. The summed E-state index contributed by atoms with van der Waals surface area (Å²) in [5.41, 5.74) is 3.23. The number of aromatic nitrogens is 1. The van der Waals surface area contributed by atoms with Gasteiger partial charge in [0, 0.05) is 17.6 Å². The van der Waals surface area contributed by atoms with Crippen LogP contribution in [0.2, 0.25) is 0 Å². The van der Waals surface area contributed by atoms with Crippen molar-refractivity contribution in [2.45, 2.75) is 33.7 Å². The maximum absolute atomic E-state index is 12.1. The van der Waals surface area contributed by atoms with Crippen LogP contribution in [-0.4, -0.2) is 22.1 Å². The Bertz CT molecular complexity index is 988. The Morgan fingerprint density at radius 1 is 1.14 bits per heavy atom. The third kappa shape index (κ3) is 4.57. The van der Waals surface area contributed by atoms with E-state index in [1.54, 1.807) is 0 Å². The van der Waals surface area contributed by atoms with Crippen molar-refractivity contribution in [3.05, 3.63) is 54.1 Å². The molecule has 1 aromatic heterocycles. The van der Waals surface area contributed by atoms with Gasteiger partial charge in [0.2, 0.25) is 5.88 Å². The highest BCUT2D eigenvalue weighted by Crippen LogP contribution is 2.39. The fraction of sp³-hybridized carbons (Fsp3) is 0.318. The Kier molecular flexibility index (Phi) is 6.09. The predicted octanol–water partition coefficient (Wildman–Crippen LogP) is 5.42. The Labute approximate surface area is 164 Å². The first-order valence-corrected chi connectivity index (χ1v) is 9.51. The number of carbonyl (C=O) groups is 1. The molecule has 2 N–H and O–H groups in total. The van der Waals surface area contributed by atoms with Crippen molar-refractivity contribution in [3.63, 3.8) is 0 Å². The molecule has 0 spiro atoms. The van der Waals surface area contributed by atoms with E-state index in [0.29, 0.717) is 18.2 Å². The van der Waals surface area contributed by atoms with Crippen LogP contribution >= 0.6 is 0 Å². The van der Waals surface area contributed by atoms with Gasteiger partial charge in [-0.05, 0) is 37.5 Å². The summed E-state index contributed by atoms with van der Waals surface area (Å²) >= 11 is 0. The molecule has 0 unspecified atom stereocenters. The molecule has 3 rings (SSSR count). The lowest BCUT2D eigenvalue weighted by atomic mass is 10.1. The van der Waals surface area contributed by atoms with Crippen LogP contribution in [-0.2, 0) is 11.3 Å². The second kappa shape index (κ2) is 8.69. The van der Waals surface area contributed by atoms with Gasteiger partial charge in [0.15, 0.2) is 5.69 Å². The molecule has 0 atom stereocenters. The van der Waals surface area contributed by atoms with Gasteiger partial charge in [0.05, 0.1) is 12.1 Å². The zero-order chi connectivity index (χ0) is 20.1. The summed E-state index contributed by atoms with van der Waals surface area (Å²) in [5, 5.41) is 22.3. The van der Waals surface area contributed by atoms with Crippen molar-refractivity contribution < 1.29 is 9.90 Å². The van der Waals surface area contributed by atoms with Crippen LogP contribution in [0.1, 0.15) is 25.8 Å². The topological polar surface area (TPSA) is 79.0 Å². The quantitative estimate of drug-likeness (QED) is 0.539. The molecule has 0 aliphatic heterocycles. The number of nitrogens with zero attached hydrogens (tertiary/aromatic N) is 3. The molecule has 6 heteroatoms. The largest absolute Gasteiger partial charge is 0.493 e. The standard InChI is InChI=1S/C22H26N4O2/c1-15(2)12-13-26-19-7-5-4-6-18(19)21(22(26)28)25-24-20(27)14-23-17-10-8-16(3)9-11-17/h4-11,15,23,28H,12-14H2,1-3H3. The normalized spacial score (nSPS) is 11.6. The number of rotatable bonds is 7. The van der Waals surface area contributed by atoms with Crippen LogP contribution in [0.3, 0.4) is 0 Å². The van der Waals surface area contributed by atoms with Crippen LogP contribution in [0, 0.1) is 12.8 Å². The van der Waals surface area contributed by atoms with Gasteiger partial charge in [-0.3, -0.25) is 4.79 Å². The lowest BCUT2D eigenvalue weighted by molar-refractivity contribution is -0.116. The minimum absolute atomic E-state index is 0.0410. The van der Waals surface area contributed by atoms with Crippen molar-refractivity contribution in [1.29, 1.82) is 0 Å². The summed E-state index contributed by atoms with van der Waals surface area (Å²) < 4.78 is 1.83. The molecule has 28 heavy (non-hydrogen) atoms. The Morgan fingerprint density at radius 2 is 1.86 bits per heavy atom. The van der Waals surface area contributed by atoms with E-state index >= 15 is 0 Å². The van der Waals surface area contributed by atoms with Gasteiger partial charge >= 0.3 is 0 Å². The van der Waals surface area contributed by atoms with Gasteiger partial charge in [0.25, 0.3) is 5.91 Å². The van der Waals surface area contributed by atoms with Crippen LogP contribution in [0.25, 0.3) is 10.9 Å². The number of aromatic hydroxyl groups is 1. The molecule has 2 aromatic carbocycles.